The van der Waals surface area contributed by atoms with Crippen LogP contribution in [0.4, 0.5) is 8.78 Å². The molecule has 0 radical (unpaired) electrons. The smallest absolute Gasteiger partial charge is 0.247 e. The van der Waals surface area contributed by atoms with Gasteiger partial charge in [-0.15, -0.1) is 0 Å². The normalized spacial score (nSPS) is 19.6. The standard InChI is InChI=1S/C28H33ClF2N4O3S/c1-19(26-32-25(28(2,3)33-26)27(36)34-14-12-21(30)13-15-34)11-16-35(18-20-9-10-23(29)24(31)17-20)39(37,38)22-7-5-4-6-8-22/h4-10,17,21,25H,1,11-16,18H2,2-3H3,(H,32,33)/t25-/m0/s1. The minimum Gasteiger partial charge on any atom is -0.357 e. The Balaban J connectivity index is 1.49. The molecule has 2 heterocycles. The number of alkyl halides is 1. The van der Waals surface area contributed by atoms with Gasteiger partial charge in [0.05, 0.1) is 15.5 Å². The van der Waals surface area contributed by atoms with Crippen molar-refractivity contribution in [2.45, 2.75) is 62.3 Å². The third kappa shape index (κ3) is 6.67. The van der Waals surface area contributed by atoms with E-state index in [4.69, 9.17) is 11.6 Å². The molecule has 1 fully saturated rings. The van der Waals surface area contributed by atoms with E-state index in [9.17, 15) is 22.0 Å². The molecule has 1 atom stereocenters. The summed E-state index contributed by atoms with van der Waals surface area (Å²) in [5.74, 6) is -0.335. The number of likely N-dealkylation sites (tertiary alicyclic amines) is 1. The van der Waals surface area contributed by atoms with Crippen molar-refractivity contribution in [3.63, 3.8) is 0 Å². The topological polar surface area (TPSA) is 82.1 Å². The Hall–Kier alpha value is -2.82. The number of nitrogens with zero attached hydrogens (tertiary/aromatic N) is 3. The highest BCUT2D eigenvalue weighted by Gasteiger charge is 2.43. The molecule has 4 rings (SSSR count). The molecule has 0 unspecified atom stereocenters. The first kappa shape index (κ1) is 29.2. The maximum absolute atomic E-state index is 14.1. The molecule has 0 spiro atoms. The number of hydrogen-bond donors (Lipinski definition) is 1. The van der Waals surface area contributed by atoms with E-state index < -0.39 is 33.6 Å². The predicted octanol–water partition coefficient (Wildman–Crippen LogP) is 4.73. The van der Waals surface area contributed by atoms with Gasteiger partial charge >= 0.3 is 0 Å². The third-order valence-electron chi connectivity index (χ3n) is 7.09. The van der Waals surface area contributed by atoms with E-state index >= 15 is 0 Å². The summed E-state index contributed by atoms with van der Waals surface area (Å²) in [5, 5.41) is 3.13. The van der Waals surface area contributed by atoms with Gasteiger partial charge in [0, 0.05) is 26.2 Å². The van der Waals surface area contributed by atoms with E-state index in [1.54, 1.807) is 29.2 Å². The second-order valence-electron chi connectivity index (χ2n) is 10.4. The number of rotatable bonds is 9. The zero-order valence-electron chi connectivity index (χ0n) is 22.0. The summed E-state index contributed by atoms with van der Waals surface area (Å²) in [6, 6.07) is 11.6. The highest BCUT2D eigenvalue weighted by atomic mass is 35.5. The van der Waals surface area contributed by atoms with E-state index in [1.807, 2.05) is 13.8 Å². The van der Waals surface area contributed by atoms with E-state index in [0.29, 0.717) is 42.9 Å². The molecular formula is C28H33ClF2N4O3S. The summed E-state index contributed by atoms with van der Waals surface area (Å²) in [4.78, 5) is 19.7. The molecule has 1 saturated heterocycles. The van der Waals surface area contributed by atoms with Crippen LogP contribution in [0.15, 0.2) is 70.6 Å². The molecule has 7 nitrogen and oxygen atoms in total. The number of halogens is 3. The van der Waals surface area contributed by atoms with Crippen LogP contribution in [-0.2, 0) is 21.4 Å². The minimum absolute atomic E-state index is 0.0457. The van der Waals surface area contributed by atoms with Crippen molar-refractivity contribution in [2.75, 3.05) is 19.6 Å². The fourth-order valence-corrected chi connectivity index (χ4v) is 6.31. The van der Waals surface area contributed by atoms with Gasteiger partial charge < -0.3 is 10.2 Å². The van der Waals surface area contributed by atoms with Gasteiger partial charge in [0.15, 0.2) is 0 Å². The first-order chi connectivity index (χ1) is 18.4. The molecule has 0 bridgehead atoms. The monoisotopic (exact) mass is 578 g/mol. The van der Waals surface area contributed by atoms with Gasteiger partial charge in [-0.25, -0.2) is 17.2 Å². The largest absolute Gasteiger partial charge is 0.357 e. The summed E-state index contributed by atoms with van der Waals surface area (Å²) >= 11 is 5.81. The lowest BCUT2D eigenvalue weighted by Crippen LogP contribution is -2.55. The molecule has 0 saturated carbocycles. The number of amidine groups is 1. The van der Waals surface area contributed by atoms with Gasteiger partial charge in [0.1, 0.15) is 23.9 Å². The number of sulfonamides is 1. The second kappa shape index (κ2) is 11.7. The summed E-state index contributed by atoms with van der Waals surface area (Å²) in [6.07, 6.45) is -0.0202. The van der Waals surface area contributed by atoms with Gasteiger partial charge in [0.25, 0.3) is 0 Å². The van der Waals surface area contributed by atoms with Crippen LogP contribution in [0.1, 0.15) is 38.7 Å². The average molecular weight is 579 g/mol. The zero-order chi connectivity index (χ0) is 28.4. The average Bonchev–Trinajstić information content (AvgIpc) is 3.23. The van der Waals surface area contributed by atoms with Gasteiger partial charge in [-0.05, 0) is 68.5 Å². The molecule has 11 heteroatoms. The van der Waals surface area contributed by atoms with Crippen LogP contribution < -0.4 is 5.32 Å². The van der Waals surface area contributed by atoms with Crippen molar-refractivity contribution in [3.05, 3.63) is 77.1 Å². The Kier molecular flexibility index (Phi) is 8.78. The summed E-state index contributed by atoms with van der Waals surface area (Å²) in [7, 11) is -3.92. The molecular weight excluding hydrogens is 546 g/mol. The Morgan fingerprint density at radius 3 is 2.51 bits per heavy atom. The first-order valence-electron chi connectivity index (χ1n) is 12.8. The molecule has 2 aliphatic rings. The van der Waals surface area contributed by atoms with Crippen LogP contribution in [0.25, 0.3) is 0 Å². The van der Waals surface area contributed by atoms with Gasteiger partial charge in [-0.2, -0.15) is 4.31 Å². The molecule has 39 heavy (non-hydrogen) atoms. The number of nitrogens with one attached hydrogen (secondary N) is 1. The number of carbonyl (C=O) groups excluding carboxylic acids is 1. The number of piperidine rings is 1. The molecule has 210 valence electrons. The lowest BCUT2D eigenvalue weighted by Gasteiger charge is -2.34. The van der Waals surface area contributed by atoms with Gasteiger partial charge in [0.2, 0.25) is 15.9 Å². The van der Waals surface area contributed by atoms with Crippen LogP contribution in [0.3, 0.4) is 0 Å². The van der Waals surface area contributed by atoms with Crippen LogP contribution in [0.2, 0.25) is 5.02 Å². The van der Waals surface area contributed by atoms with Crippen molar-refractivity contribution in [3.8, 4) is 0 Å². The van der Waals surface area contributed by atoms with Crippen LogP contribution in [-0.4, -0.2) is 66.8 Å². The number of carbonyl (C=O) groups is 1. The van der Waals surface area contributed by atoms with E-state index in [-0.39, 0.29) is 35.3 Å². The molecule has 2 aromatic rings. The Bertz CT molecular complexity index is 1360. The van der Waals surface area contributed by atoms with E-state index in [0.717, 1.165) is 0 Å². The summed E-state index contributed by atoms with van der Waals surface area (Å²) in [6.45, 7) is 8.49. The third-order valence-corrected chi connectivity index (χ3v) is 9.26. The number of aliphatic imine (C=N–C) groups is 1. The minimum atomic E-state index is -3.92. The number of hydrogen-bond acceptors (Lipinski definition) is 5. The quantitative estimate of drug-likeness (QED) is 0.467. The predicted molar refractivity (Wildman–Crippen MR) is 148 cm³/mol. The zero-order valence-corrected chi connectivity index (χ0v) is 23.6. The molecule has 0 aliphatic carbocycles. The number of amides is 1. The fourth-order valence-electron chi connectivity index (χ4n) is 4.74. The molecule has 1 N–H and O–H groups in total. The Morgan fingerprint density at radius 2 is 1.87 bits per heavy atom. The second-order valence-corrected chi connectivity index (χ2v) is 12.8. The first-order valence-corrected chi connectivity index (χ1v) is 14.7. The number of benzene rings is 2. The Labute approximate surface area is 233 Å². The summed E-state index contributed by atoms with van der Waals surface area (Å²) < 4.78 is 56.0. The fraction of sp³-hybridized carbons (Fsp3) is 0.429. The van der Waals surface area contributed by atoms with Gasteiger partial charge in [-0.3, -0.25) is 9.79 Å². The lowest BCUT2D eigenvalue weighted by molar-refractivity contribution is -0.135. The van der Waals surface area contributed by atoms with Gasteiger partial charge in [-0.1, -0.05) is 42.4 Å². The Morgan fingerprint density at radius 1 is 1.21 bits per heavy atom. The highest BCUT2D eigenvalue weighted by molar-refractivity contribution is 7.89. The molecule has 1 amide bonds. The van der Waals surface area contributed by atoms with E-state index in [1.165, 1.54) is 28.6 Å². The molecule has 2 aromatic carbocycles. The SMILES string of the molecule is C=C(CCN(Cc1ccc(Cl)c(F)c1)S(=O)(=O)c1ccccc1)C1=NC(C)(C)[C@H](C(=O)N2CCC(F)CC2)N1. The lowest BCUT2D eigenvalue weighted by atomic mass is 9.94. The van der Waals surface area contributed by atoms with Crippen LogP contribution in [0.5, 0.6) is 0 Å². The van der Waals surface area contributed by atoms with Crippen molar-refractivity contribution in [1.82, 2.24) is 14.5 Å². The van der Waals surface area contributed by atoms with Crippen molar-refractivity contribution < 1.29 is 22.0 Å². The van der Waals surface area contributed by atoms with E-state index in [2.05, 4.69) is 16.9 Å². The highest BCUT2D eigenvalue weighted by Crippen LogP contribution is 2.27. The van der Waals surface area contributed by atoms with Crippen molar-refractivity contribution in [2.24, 2.45) is 4.99 Å². The molecule has 2 aliphatic heterocycles. The molecule has 0 aromatic heterocycles. The van der Waals surface area contributed by atoms with Crippen molar-refractivity contribution >= 4 is 33.4 Å². The van der Waals surface area contributed by atoms with Crippen LogP contribution >= 0.6 is 11.6 Å². The maximum atomic E-state index is 14.1. The summed E-state index contributed by atoms with van der Waals surface area (Å²) in [5.41, 5.74) is 0.219. The maximum Gasteiger partial charge on any atom is 0.247 e. The van der Waals surface area contributed by atoms with Crippen LogP contribution in [0, 0.1) is 5.82 Å². The van der Waals surface area contributed by atoms with Crippen molar-refractivity contribution in [1.29, 1.82) is 0 Å².